The van der Waals surface area contributed by atoms with Crippen molar-refractivity contribution < 1.29 is 14.3 Å². The summed E-state index contributed by atoms with van der Waals surface area (Å²) >= 11 is 0. The second kappa shape index (κ2) is 7.15. The molecule has 0 aliphatic carbocycles. The van der Waals surface area contributed by atoms with Crippen molar-refractivity contribution in [1.82, 2.24) is 4.90 Å². The van der Waals surface area contributed by atoms with E-state index in [-0.39, 0.29) is 24.3 Å². The van der Waals surface area contributed by atoms with Crippen LogP contribution < -0.4 is 5.73 Å². The van der Waals surface area contributed by atoms with E-state index in [0.717, 1.165) is 5.56 Å². The molecule has 0 bridgehead atoms. The van der Waals surface area contributed by atoms with Gasteiger partial charge in [0.1, 0.15) is 6.61 Å². The highest BCUT2D eigenvalue weighted by molar-refractivity contribution is 5.69. The summed E-state index contributed by atoms with van der Waals surface area (Å²) in [5.41, 5.74) is 6.61. The number of nitrogens with two attached hydrogens (primary N) is 1. The summed E-state index contributed by atoms with van der Waals surface area (Å²) in [4.78, 5) is 14.1. The maximum absolute atomic E-state index is 12.6. The van der Waals surface area contributed by atoms with Crippen LogP contribution in [0.2, 0.25) is 0 Å². The first-order valence-electron chi connectivity index (χ1n) is 7.89. The highest BCUT2D eigenvalue weighted by Gasteiger charge is 2.36. The average molecular weight is 318 g/mol. The fraction of sp³-hybridized carbons (Fsp3) is 0.500. The number of carbonyl (C=O) groups is 1. The highest BCUT2D eigenvalue weighted by atomic mass is 16.6. The number of amides is 1. The molecule has 0 aromatic heterocycles. The zero-order chi connectivity index (χ0) is 17.0. The lowest BCUT2D eigenvalue weighted by Crippen LogP contribution is -2.57. The van der Waals surface area contributed by atoms with Gasteiger partial charge in [0.15, 0.2) is 6.23 Å². The van der Waals surface area contributed by atoms with E-state index in [9.17, 15) is 4.79 Å². The van der Waals surface area contributed by atoms with Crippen molar-refractivity contribution in [3.8, 4) is 0 Å². The van der Waals surface area contributed by atoms with E-state index in [1.165, 1.54) is 0 Å². The second-order valence-electron chi connectivity index (χ2n) is 6.77. The van der Waals surface area contributed by atoms with E-state index in [4.69, 9.17) is 15.2 Å². The Hall–Kier alpha value is -1.85. The summed E-state index contributed by atoms with van der Waals surface area (Å²) in [5.74, 6) is 0. The number of ether oxygens (including phenoxy) is 2. The van der Waals surface area contributed by atoms with Gasteiger partial charge in [0.05, 0.1) is 11.6 Å². The van der Waals surface area contributed by atoms with Gasteiger partial charge in [-0.1, -0.05) is 36.4 Å². The maximum atomic E-state index is 12.6. The Bertz CT molecular complexity index is 551. The van der Waals surface area contributed by atoms with E-state index in [1.807, 2.05) is 70.2 Å². The first-order valence-corrected chi connectivity index (χ1v) is 7.89. The van der Waals surface area contributed by atoms with Gasteiger partial charge in [-0.15, -0.1) is 0 Å². The zero-order valence-corrected chi connectivity index (χ0v) is 14.2. The fourth-order valence-electron chi connectivity index (χ4n) is 2.42. The normalized spacial score (nSPS) is 24.6. The molecule has 0 radical (unpaired) electrons. The van der Waals surface area contributed by atoms with Gasteiger partial charge < -0.3 is 15.2 Å². The summed E-state index contributed by atoms with van der Waals surface area (Å²) < 4.78 is 11.4. The van der Waals surface area contributed by atoms with E-state index in [1.54, 1.807) is 4.90 Å². The van der Waals surface area contributed by atoms with Crippen LogP contribution in [0.25, 0.3) is 0 Å². The molecule has 1 aliphatic heterocycles. The monoisotopic (exact) mass is 318 g/mol. The van der Waals surface area contributed by atoms with Crippen LogP contribution in [0.1, 0.15) is 33.3 Å². The minimum absolute atomic E-state index is 0.198. The number of rotatable bonds is 3. The summed E-state index contributed by atoms with van der Waals surface area (Å²) in [7, 11) is 0. The minimum atomic E-state index is -0.479. The molecule has 23 heavy (non-hydrogen) atoms. The molecule has 0 unspecified atom stereocenters. The summed E-state index contributed by atoms with van der Waals surface area (Å²) in [5, 5.41) is 0. The number of hydrogen-bond donors (Lipinski definition) is 1. The molecule has 3 atom stereocenters. The molecule has 0 spiro atoms. The average Bonchev–Trinajstić information content (AvgIpc) is 2.48. The lowest BCUT2D eigenvalue weighted by atomic mass is 10.0. The molecule has 0 fully saturated rings. The minimum Gasteiger partial charge on any atom is -0.444 e. The molecule has 0 saturated carbocycles. The molecule has 1 heterocycles. The van der Waals surface area contributed by atoms with Crippen LogP contribution >= 0.6 is 0 Å². The third-order valence-corrected chi connectivity index (χ3v) is 3.66. The number of benzene rings is 1. The number of carbonyl (C=O) groups excluding carboxylic acids is 1. The lowest BCUT2D eigenvalue weighted by Gasteiger charge is -2.41. The van der Waals surface area contributed by atoms with Crippen LogP contribution in [-0.2, 0) is 16.1 Å². The maximum Gasteiger partial charge on any atom is 0.412 e. The van der Waals surface area contributed by atoms with Gasteiger partial charge in [-0.25, -0.2) is 4.79 Å². The van der Waals surface area contributed by atoms with E-state index >= 15 is 0 Å². The lowest BCUT2D eigenvalue weighted by molar-refractivity contribution is -0.115. The van der Waals surface area contributed by atoms with Crippen molar-refractivity contribution in [2.24, 2.45) is 5.73 Å². The Kier molecular flexibility index (Phi) is 5.44. The molecule has 5 heteroatoms. The molecule has 5 nitrogen and oxygen atoms in total. The first-order chi connectivity index (χ1) is 10.8. The highest BCUT2D eigenvalue weighted by Crippen LogP contribution is 2.23. The van der Waals surface area contributed by atoms with Crippen LogP contribution in [0, 0.1) is 0 Å². The second-order valence-corrected chi connectivity index (χ2v) is 6.77. The topological polar surface area (TPSA) is 64.8 Å². The van der Waals surface area contributed by atoms with Gasteiger partial charge in [0, 0.05) is 6.04 Å². The first kappa shape index (κ1) is 17.5. The third kappa shape index (κ3) is 4.81. The van der Waals surface area contributed by atoms with Gasteiger partial charge in [-0.3, -0.25) is 4.90 Å². The number of nitrogens with zero attached hydrogens (tertiary/aromatic N) is 1. The molecule has 2 N–H and O–H groups in total. The van der Waals surface area contributed by atoms with Crippen molar-refractivity contribution >= 4 is 6.09 Å². The van der Waals surface area contributed by atoms with Crippen LogP contribution in [0.4, 0.5) is 4.79 Å². The van der Waals surface area contributed by atoms with E-state index in [2.05, 4.69) is 0 Å². The molecule has 1 aromatic carbocycles. The van der Waals surface area contributed by atoms with Crippen LogP contribution in [-0.4, -0.2) is 34.9 Å². The molecule has 1 aliphatic rings. The number of hydrogen-bond acceptors (Lipinski definition) is 4. The van der Waals surface area contributed by atoms with Crippen LogP contribution in [0.15, 0.2) is 42.5 Å². The SMILES string of the molecule is C[C@@H]1[C@@H](N)C=C[C@@H](OC(C)(C)C)N1C(=O)OCc1ccccc1. The Labute approximate surface area is 138 Å². The largest absolute Gasteiger partial charge is 0.444 e. The van der Waals surface area contributed by atoms with Gasteiger partial charge in [0.25, 0.3) is 0 Å². The summed E-state index contributed by atoms with van der Waals surface area (Å²) in [6.07, 6.45) is 2.80. The quantitative estimate of drug-likeness (QED) is 0.870. The molecule has 126 valence electrons. The summed E-state index contributed by atoms with van der Waals surface area (Å²) in [6, 6.07) is 9.15. The van der Waals surface area contributed by atoms with Gasteiger partial charge >= 0.3 is 6.09 Å². The van der Waals surface area contributed by atoms with Crippen molar-refractivity contribution in [3.63, 3.8) is 0 Å². The zero-order valence-electron chi connectivity index (χ0n) is 14.2. The molecule has 2 rings (SSSR count). The van der Waals surface area contributed by atoms with Crippen molar-refractivity contribution in [2.45, 2.75) is 58.2 Å². The molecule has 0 saturated heterocycles. The molecule has 1 aromatic rings. The van der Waals surface area contributed by atoms with Crippen LogP contribution in [0.3, 0.4) is 0 Å². The third-order valence-electron chi connectivity index (χ3n) is 3.66. The standard InChI is InChI=1S/C18H26N2O3/c1-13-15(19)10-11-16(23-18(2,3)4)20(13)17(21)22-12-14-8-6-5-7-9-14/h5-11,13,15-16H,12,19H2,1-4H3/t13-,15+,16-/m1/s1. The fourth-order valence-corrected chi connectivity index (χ4v) is 2.42. The Morgan fingerprint density at radius 3 is 2.48 bits per heavy atom. The predicted octanol–water partition coefficient (Wildman–Crippen LogP) is 3.05. The smallest absolute Gasteiger partial charge is 0.412 e. The van der Waals surface area contributed by atoms with E-state index in [0.29, 0.717) is 0 Å². The van der Waals surface area contributed by atoms with E-state index < -0.39 is 12.3 Å². The Morgan fingerprint density at radius 1 is 1.22 bits per heavy atom. The van der Waals surface area contributed by atoms with Crippen molar-refractivity contribution in [2.75, 3.05) is 0 Å². The Balaban J connectivity index is 2.08. The molecular weight excluding hydrogens is 292 g/mol. The summed E-state index contributed by atoms with van der Waals surface area (Å²) in [6.45, 7) is 7.98. The van der Waals surface area contributed by atoms with Gasteiger partial charge in [-0.2, -0.15) is 0 Å². The van der Waals surface area contributed by atoms with Crippen molar-refractivity contribution in [3.05, 3.63) is 48.0 Å². The van der Waals surface area contributed by atoms with Crippen LogP contribution in [0.5, 0.6) is 0 Å². The van der Waals surface area contributed by atoms with Gasteiger partial charge in [0.2, 0.25) is 0 Å². The predicted molar refractivity (Wildman–Crippen MR) is 89.7 cm³/mol. The Morgan fingerprint density at radius 2 is 1.87 bits per heavy atom. The molecular formula is C18H26N2O3. The van der Waals surface area contributed by atoms with Crippen molar-refractivity contribution in [1.29, 1.82) is 0 Å². The molecule has 1 amide bonds. The van der Waals surface area contributed by atoms with Gasteiger partial charge in [-0.05, 0) is 39.3 Å².